The van der Waals surface area contributed by atoms with Gasteiger partial charge in [0.15, 0.2) is 0 Å². The molecule has 1 heterocycles. The molecule has 0 aliphatic rings. The van der Waals surface area contributed by atoms with Gasteiger partial charge < -0.3 is 0 Å². The molecule has 0 spiro atoms. The Bertz CT molecular complexity index is 677. The van der Waals surface area contributed by atoms with Gasteiger partial charge in [0, 0.05) is 12.4 Å². The van der Waals surface area contributed by atoms with Crippen LogP contribution < -0.4 is 4.72 Å². The molecule has 2 aromatic rings. The van der Waals surface area contributed by atoms with E-state index in [1.165, 1.54) is 0 Å². The summed E-state index contributed by atoms with van der Waals surface area (Å²) in [5.41, 5.74) is 0.578. The standard InChI is InChI=1S/C16H20N2O2S/c1-16(2,3)15(13-8-7-11-17-12-13)18-21(19,20)14-9-5-4-6-10-14/h4-12,15,18H,1-3H3. The Labute approximate surface area is 126 Å². The number of pyridine rings is 1. The highest BCUT2D eigenvalue weighted by molar-refractivity contribution is 7.89. The highest BCUT2D eigenvalue weighted by Gasteiger charge is 2.31. The van der Waals surface area contributed by atoms with E-state index in [0.29, 0.717) is 0 Å². The highest BCUT2D eigenvalue weighted by Crippen LogP contribution is 2.33. The van der Waals surface area contributed by atoms with Crippen LogP contribution in [0.25, 0.3) is 0 Å². The van der Waals surface area contributed by atoms with E-state index >= 15 is 0 Å². The van der Waals surface area contributed by atoms with Crippen LogP contribution in [-0.4, -0.2) is 13.4 Å². The molecule has 0 fully saturated rings. The van der Waals surface area contributed by atoms with Crippen molar-refractivity contribution in [2.24, 2.45) is 5.41 Å². The maximum absolute atomic E-state index is 12.5. The lowest BCUT2D eigenvalue weighted by molar-refractivity contribution is 0.304. The van der Waals surface area contributed by atoms with Crippen LogP contribution in [0.15, 0.2) is 59.8 Å². The highest BCUT2D eigenvalue weighted by atomic mass is 32.2. The van der Waals surface area contributed by atoms with Gasteiger partial charge in [0.2, 0.25) is 10.0 Å². The number of aromatic nitrogens is 1. The van der Waals surface area contributed by atoms with Crippen LogP contribution in [-0.2, 0) is 10.0 Å². The lowest BCUT2D eigenvalue weighted by atomic mass is 9.84. The Morgan fingerprint density at radius 3 is 2.24 bits per heavy atom. The summed E-state index contributed by atoms with van der Waals surface area (Å²) in [6, 6.07) is 11.7. The molecule has 112 valence electrons. The van der Waals surface area contributed by atoms with Crippen molar-refractivity contribution in [2.45, 2.75) is 31.7 Å². The Morgan fingerprint density at radius 1 is 1.05 bits per heavy atom. The summed E-state index contributed by atoms with van der Waals surface area (Å²) in [6.07, 6.45) is 3.37. The molecule has 1 unspecified atom stereocenters. The first-order valence-corrected chi connectivity index (χ1v) is 8.26. The Kier molecular flexibility index (Phi) is 4.44. The molecule has 1 N–H and O–H groups in total. The summed E-state index contributed by atoms with van der Waals surface area (Å²) in [5, 5.41) is 0. The van der Waals surface area contributed by atoms with Gasteiger partial charge in [0.25, 0.3) is 0 Å². The fourth-order valence-electron chi connectivity index (χ4n) is 2.11. The minimum Gasteiger partial charge on any atom is -0.264 e. The zero-order chi connectivity index (χ0) is 15.5. The Hall–Kier alpha value is -1.72. The van der Waals surface area contributed by atoms with Gasteiger partial charge >= 0.3 is 0 Å². The Balaban J connectivity index is 2.37. The molecular weight excluding hydrogens is 284 g/mol. The van der Waals surface area contributed by atoms with Gasteiger partial charge in [-0.15, -0.1) is 0 Å². The molecule has 0 saturated heterocycles. The fraction of sp³-hybridized carbons (Fsp3) is 0.312. The predicted octanol–water partition coefficient (Wildman–Crippen LogP) is 3.15. The van der Waals surface area contributed by atoms with Crippen molar-refractivity contribution in [1.82, 2.24) is 9.71 Å². The van der Waals surface area contributed by atoms with Crippen LogP contribution >= 0.6 is 0 Å². The first-order valence-electron chi connectivity index (χ1n) is 6.78. The van der Waals surface area contributed by atoms with Crippen molar-refractivity contribution in [3.05, 3.63) is 60.4 Å². The first-order chi connectivity index (χ1) is 9.81. The molecule has 0 amide bonds. The number of nitrogens with zero attached hydrogens (tertiary/aromatic N) is 1. The number of hydrogen-bond acceptors (Lipinski definition) is 3. The van der Waals surface area contributed by atoms with Crippen molar-refractivity contribution in [3.8, 4) is 0 Å². The van der Waals surface area contributed by atoms with Crippen molar-refractivity contribution in [2.75, 3.05) is 0 Å². The number of rotatable bonds is 4. The van der Waals surface area contributed by atoms with E-state index in [-0.39, 0.29) is 16.4 Å². The van der Waals surface area contributed by atoms with E-state index < -0.39 is 10.0 Å². The summed E-state index contributed by atoms with van der Waals surface area (Å²) >= 11 is 0. The largest absolute Gasteiger partial charge is 0.264 e. The van der Waals surface area contributed by atoms with E-state index in [2.05, 4.69) is 9.71 Å². The number of hydrogen-bond donors (Lipinski definition) is 1. The molecule has 21 heavy (non-hydrogen) atoms. The van der Waals surface area contributed by atoms with E-state index in [1.54, 1.807) is 42.7 Å². The second-order valence-electron chi connectivity index (χ2n) is 6.02. The molecule has 2 rings (SSSR count). The third kappa shape index (κ3) is 3.89. The zero-order valence-electron chi connectivity index (χ0n) is 12.4. The SMILES string of the molecule is CC(C)(C)C(NS(=O)(=O)c1ccccc1)c1cccnc1. The third-order valence-electron chi connectivity index (χ3n) is 3.21. The molecule has 1 atom stereocenters. The summed E-state index contributed by atoms with van der Waals surface area (Å²) in [6.45, 7) is 5.99. The maximum atomic E-state index is 12.5. The van der Waals surface area contributed by atoms with E-state index in [0.717, 1.165) is 5.56 Å². The van der Waals surface area contributed by atoms with Gasteiger partial charge in [0.1, 0.15) is 0 Å². The van der Waals surface area contributed by atoms with Crippen LogP contribution in [0, 0.1) is 5.41 Å². The monoisotopic (exact) mass is 304 g/mol. The fourth-order valence-corrected chi connectivity index (χ4v) is 3.57. The van der Waals surface area contributed by atoms with Gasteiger partial charge in [-0.2, -0.15) is 0 Å². The first kappa shape index (κ1) is 15.7. The summed E-state index contributed by atoms with van der Waals surface area (Å²) < 4.78 is 27.9. The van der Waals surface area contributed by atoms with Crippen LogP contribution in [0.3, 0.4) is 0 Å². The van der Waals surface area contributed by atoms with Crippen LogP contribution in [0.4, 0.5) is 0 Å². The molecule has 0 bridgehead atoms. The zero-order valence-corrected chi connectivity index (χ0v) is 13.3. The molecule has 0 saturated carbocycles. The van der Waals surface area contributed by atoms with Crippen LogP contribution in [0.5, 0.6) is 0 Å². The molecule has 0 radical (unpaired) electrons. The average molecular weight is 304 g/mol. The average Bonchev–Trinajstić information content (AvgIpc) is 2.46. The summed E-state index contributed by atoms with van der Waals surface area (Å²) in [5.74, 6) is 0. The summed E-state index contributed by atoms with van der Waals surface area (Å²) in [7, 11) is -3.57. The minimum absolute atomic E-state index is 0.267. The second kappa shape index (κ2) is 5.95. The Morgan fingerprint density at radius 2 is 1.71 bits per heavy atom. The van der Waals surface area contributed by atoms with Gasteiger partial charge in [-0.1, -0.05) is 45.0 Å². The number of sulfonamides is 1. The van der Waals surface area contributed by atoms with E-state index in [9.17, 15) is 8.42 Å². The lowest BCUT2D eigenvalue weighted by Gasteiger charge is -2.31. The van der Waals surface area contributed by atoms with Crippen LogP contribution in [0.1, 0.15) is 32.4 Å². The van der Waals surface area contributed by atoms with Gasteiger partial charge in [-0.05, 0) is 29.2 Å². The normalized spacial score (nSPS) is 13.9. The number of nitrogens with one attached hydrogen (secondary N) is 1. The van der Waals surface area contributed by atoms with Gasteiger partial charge in [-0.3, -0.25) is 4.98 Å². The molecule has 0 aliphatic heterocycles. The molecule has 1 aromatic carbocycles. The van der Waals surface area contributed by atoms with Crippen molar-refractivity contribution in [1.29, 1.82) is 0 Å². The molecule has 1 aromatic heterocycles. The van der Waals surface area contributed by atoms with E-state index in [4.69, 9.17) is 0 Å². The minimum atomic E-state index is -3.57. The van der Waals surface area contributed by atoms with Gasteiger partial charge in [-0.25, -0.2) is 13.1 Å². The van der Waals surface area contributed by atoms with Gasteiger partial charge in [0.05, 0.1) is 10.9 Å². The summed E-state index contributed by atoms with van der Waals surface area (Å²) in [4.78, 5) is 4.35. The topological polar surface area (TPSA) is 59.1 Å². The van der Waals surface area contributed by atoms with Crippen molar-refractivity contribution >= 4 is 10.0 Å². The molecule has 4 nitrogen and oxygen atoms in total. The maximum Gasteiger partial charge on any atom is 0.241 e. The lowest BCUT2D eigenvalue weighted by Crippen LogP contribution is -2.36. The molecular formula is C16H20N2O2S. The smallest absolute Gasteiger partial charge is 0.241 e. The van der Waals surface area contributed by atoms with E-state index in [1.807, 2.05) is 32.9 Å². The predicted molar refractivity (Wildman–Crippen MR) is 83.2 cm³/mol. The third-order valence-corrected chi connectivity index (χ3v) is 4.65. The number of benzene rings is 1. The molecule has 0 aliphatic carbocycles. The van der Waals surface area contributed by atoms with Crippen molar-refractivity contribution < 1.29 is 8.42 Å². The second-order valence-corrected chi connectivity index (χ2v) is 7.73. The molecule has 5 heteroatoms. The van der Waals surface area contributed by atoms with Crippen LogP contribution in [0.2, 0.25) is 0 Å². The quantitative estimate of drug-likeness (QED) is 0.944. The van der Waals surface area contributed by atoms with Crippen molar-refractivity contribution in [3.63, 3.8) is 0 Å².